The number of nitro groups is 1. The molecule has 0 saturated heterocycles. The van der Waals surface area contributed by atoms with E-state index in [-0.39, 0.29) is 11.4 Å². The highest BCUT2D eigenvalue weighted by Crippen LogP contribution is 2.23. The van der Waals surface area contributed by atoms with E-state index >= 15 is 0 Å². The van der Waals surface area contributed by atoms with Crippen LogP contribution in [0, 0.1) is 24.0 Å². The van der Waals surface area contributed by atoms with E-state index in [4.69, 9.17) is 12.2 Å². The van der Waals surface area contributed by atoms with Crippen molar-refractivity contribution >= 4 is 40.0 Å². The van der Waals surface area contributed by atoms with Crippen LogP contribution in [0.4, 0.5) is 11.4 Å². The summed E-state index contributed by atoms with van der Waals surface area (Å²) in [4.78, 5) is 10.7. The average molecular weight is 406 g/mol. The Labute approximate surface area is 173 Å². The van der Waals surface area contributed by atoms with Crippen LogP contribution in [-0.2, 0) is 0 Å². The molecule has 2 aromatic carbocycles. The van der Waals surface area contributed by atoms with Gasteiger partial charge in [0.15, 0.2) is 23.1 Å². The van der Waals surface area contributed by atoms with E-state index in [0.717, 1.165) is 16.8 Å². The number of thiocarbonyl (C=S) groups is 1. The van der Waals surface area contributed by atoms with Crippen LogP contribution in [0.2, 0.25) is 0 Å². The SMILES string of the molecule is Cc1cccc(NC(=S)C(=C(O)c2ccc([N+](=O)[O-])cc2)[n+]2ccccc2)c1C. The molecule has 0 saturated carbocycles. The minimum atomic E-state index is -0.482. The third-order valence-electron chi connectivity index (χ3n) is 4.62. The van der Waals surface area contributed by atoms with Gasteiger partial charge in [-0.1, -0.05) is 30.4 Å². The summed E-state index contributed by atoms with van der Waals surface area (Å²) >= 11 is 5.63. The second-order valence-corrected chi connectivity index (χ2v) is 6.89. The molecule has 0 amide bonds. The highest BCUT2D eigenvalue weighted by atomic mass is 32.1. The second kappa shape index (κ2) is 8.62. The van der Waals surface area contributed by atoms with Gasteiger partial charge in [0.2, 0.25) is 0 Å². The van der Waals surface area contributed by atoms with E-state index in [0.29, 0.717) is 16.2 Å². The van der Waals surface area contributed by atoms with Crippen LogP contribution in [0.1, 0.15) is 16.7 Å². The summed E-state index contributed by atoms with van der Waals surface area (Å²) < 4.78 is 1.71. The van der Waals surface area contributed by atoms with Crippen LogP contribution in [0.3, 0.4) is 0 Å². The fraction of sp³-hybridized carbons (Fsp3) is 0.0909. The number of nitrogens with one attached hydrogen (secondary N) is 1. The Morgan fingerprint density at radius 3 is 2.31 bits per heavy atom. The molecular weight excluding hydrogens is 386 g/mol. The number of anilines is 1. The van der Waals surface area contributed by atoms with Crippen molar-refractivity contribution in [3.8, 4) is 0 Å². The van der Waals surface area contributed by atoms with Gasteiger partial charge in [0.25, 0.3) is 11.4 Å². The van der Waals surface area contributed by atoms with E-state index in [1.807, 2.05) is 50.2 Å². The standard InChI is InChI=1S/C22H19N3O3S/c1-15-7-6-8-19(16(15)2)23-22(29)20(24-13-4-3-5-14-24)21(26)17-9-11-18(12-10-17)25(27)28/h3-14H,1-2H3,(H-,23,26,29)/p+1. The number of aromatic nitrogens is 1. The van der Waals surface area contributed by atoms with Gasteiger partial charge in [0.05, 0.1) is 4.92 Å². The Bertz CT molecular complexity index is 1090. The van der Waals surface area contributed by atoms with E-state index in [1.54, 1.807) is 17.0 Å². The van der Waals surface area contributed by atoms with Crippen molar-refractivity contribution < 1.29 is 14.6 Å². The van der Waals surface area contributed by atoms with Gasteiger partial charge in [-0.3, -0.25) is 10.1 Å². The number of nitro benzene ring substituents is 1. The molecule has 1 heterocycles. The van der Waals surface area contributed by atoms with Crippen molar-refractivity contribution in [2.24, 2.45) is 0 Å². The Morgan fingerprint density at radius 1 is 1.03 bits per heavy atom. The van der Waals surface area contributed by atoms with Gasteiger partial charge in [0.1, 0.15) is 0 Å². The fourth-order valence-electron chi connectivity index (χ4n) is 2.84. The monoisotopic (exact) mass is 406 g/mol. The quantitative estimate of drug-likeness (QED) is 0.159. The molecule has 0 aliphatic heterocycles. The maximum Gasteiger partial charge on any atom is 0.288 e. The molecule has 0 atom stereocenters. The van der Waals surface area contributed by atoms with Crippen LogP contribution in [0.15, 0.2) is 73.1 Å². The molecule has 7 heteroatoms. The molecule has 3 rings (SSSR count). The topological polar surface area (TPSA) is 79.3 Å². The average Bonchev–Trinajstić information content (AvgIpc) is 2.72. The summed E-state index contributed by atoms with van der Waals surface area (Å²) in [5.41, 5.74) is 3.77. The molecule has 0 aliphatic rings. The molecule has 0 spiro atoms. The minimum Gasteiger partial charge on any atom is -0.502 e. The maximum absolute atomic E-state index is 11.0. The zero-order valence-corrected chi connectivity index (χ0v) is 16.8. The molecule has 0 radical (unpaired) electrons. The number of benzene rings is 2. The number of aryl methyl sites for hydroxylation is 1. The van der Waals surface area contributed by atoms with Crippen LogP contribution in [-0.4, -0.2) is 15.0 Å². The Morgan fingerprint density at radius 2 is 1.69 bits per heavy atom. The third-order valence-corrected chi connectivity index (χ3v) is 4.91. The van der Waals surface area contributed by atoms with Gasteiger partial charge >= 0.3 is 0 Å². The van der Waals surface area contributed by atoms with Crippen molar-refractivity contribution in [3.05, 3.63) is 99.9 Å². The lowest BCUT2D eigenvalue weighted by Crippen LogP contribution is -2.38. The second-order valence-electron chi connectivity index (χ2n) is 6.49. The molecule has 2 N–H and O–H groups in total. The summed E-state index contributed by atoms with van der Waals surface area (Å²) in [5.74, 6) is -0.0843. The number of hydrogen-bond donors (Lipinski definition) is 2. The maximum atomic E-state index is 11.0. The van der Waals surface area contributed by atoms with E-state index < -0.39 is 4.92 Å². The first-order chi connectivity index (χ1) is 13.9. The largest absolute Gasteiger partial charge is 0.502 e. The highest BCUT2D eigenvalue weighted by Gasteiger charge is 2.24. The summed E-state index contributed by atoms with van der Waals surface area (Å²) in [6.07, 6.45) is 3.54. The number of nitrogens with zero attached hydrogens (tertiary/aromatic N) is 2. The lowest BCUT2D eigenvalue weighted by atomic mass is 10.1. The molecule has 146 valence electrons. The smallest absolute Gasteiger partial charge is 0.288 e. The Hall–Kier alpha value is -3.58. The van der Waals surface area contributed by atoms with Crippen molar-refractivity contribution in [3.63, 3.8) is 0 Å². The van der Waals surface area contributed by atoms with Crippen molar-refractivity contribution in [2.45, 2.75) is 13.8 Å². The number of pyridine rings is 1. The van der Waals surface area contributed by atoms with Crippen molar-refractivity contribution in [1.82, 2.24) is 0 Å². The number of rotatable bonds is 5. The fourth-order valence-corrected chi connectivity index (χ4v) is 3.15. The zero-order valence-electron chi connectivity index (χ0n) is 16.0. The zero-order chi connectivity index (χ0) is 21.0. The lowest BCUT2D eigenvalue weighted by Gasteiger charge is -2.13. The van der Waals surface area contributed by atoms with Gasteiger partial charge in [-0.25, -0.2) is 0 Å². The summed E-state index contributed by atoms with van der Waals surface area (Å²) in [7, 11) is 0. The molecule has 3 aromatic rings. The predicted molar refractivity (Wildman–Crippen MR) is 118 cm³/mol. The first-order valence-corrected chi connectivity index (χ1v) is 9.31. The molecule has 0 fully saturated rings. The van der Waals surface area contributed by atoms with E-state index in [2.05, 4.69) is 5.32 Å². The van der Waals surface area contributed by atoms with Crippen LogP contribution in [0.5, 0.6) is 0 Å². The molecule has 0 unspecified atom stereocenters. The molecule has 1 aromatic heterocycles. The Balaban J connectivity index is 2.07. The molecular formula is C22H20N3O3S+. The van der Waals surface area contributed by atoms with Gasteiger partial charge in [-0.15, -0.1) is 0 Å². The van der Waals surface area contributed by atoms with Crippen LogP contribution >= 0.6 is 12.2 Å². The molecule has 29 heavy (non-hydrogen) atoms. The number of aliphatic hydroxyl groups excluding tert-OH is 1. The van der Waals surface area contributed by atoms with Gasteiger partial charge < -0.3 is 10.4 Å². The minimum absolute atomic E-state index is 0.0495. The Kier molecular flexibility index (Phi) is 5.99. The highest BCUT2D eigenvalue weighted by molar-refractivity contribution is 7.81. The summed E-state index contributed by atoms with van der Waals surface area (Å²) in [6.45, 7) is 4.01. The molecule has 6 nitrogen and oxygen atoms in total. The number of aliphatic hydroxyl groups is 1. The van der Waals surface area contributed by atoms with Gasteiger partial charge in [0, 0.05) is 35.5 Å². The van der Waals surface area contributed by atoms with E-state index in [1.165, 1.54) is 24.3 Å². The van der Waals surface area contributed by atoms with Crippen molar-refractivity contribution in [2.75, 3.05) is 5.32 Å². The molecule has 0 aliphatic carbocycles. The number of non-ortho nitro benzene ring substituents is 1. The van der Waals surface area contributed by atoms with Gasteiger partial charge in [-0.2, -0.15) is 4.57 Å². The van der Waals surface area contributed by atoms with Crippen LogP contribution < -0.4 is 9.88 Å². The molecule has 0 bridgehead atoms. The number of hydrogen-bond acceptors (Lipinski definition) is 4. The van der Waals surface area contributed by atoms with E-state index in [9.17, 15) is 15.2 Å². The first kappa shape index (κ1) is 20.2. The van der Waals surface area contributed by atoms with Crippen molar-refractivity contribution in [1.29, 1.82) is 0 Å². The van der Waals surface area contributed by atoms with Crippen LogP contribution in [0.25, 0.3) is 11.5 Å². The predicted octanol–water partition coefficient (Wildman–Crippen LogP) is 4.82. The summed E-state index contributed by atoms with van der Waals surface area (Å²) in [5, 5.41) is 25.1. The normalized spacial score (nSPS) is 11.5. The first-order valence-electron chi connectivity index (χ1n) is 8.91. The summed E-state index contributed by atoms with van der Waals surface area (Å²) in [6, 6.07) is 17.1. The van der Waals surface area contributed by atoms with Gasteiger partial charge in [-0.05, 0) is 43.2 Å². The third kappa shape index (κ3) is 4.47. The lowest BCUT2D eigenvalue weighted by molar-refractivity contribution is -0.575.